The van der Waals surface area contributed by atoms with E-state index in [9.17, 15) is 0 Å². The summed E-state index contributed by atoms with van der Waals surface area (Å²) >= 11 is 0. The van der Waals surface area contributed by atoms with Crippen LogP contribution in [-0.4, -0.2) is 51.0 Å². The van der Waals surface area contributed by atoms with Crippen molar-refractivity contribution in [3.05, 3.63) is 36.0 Å². The summed E-state index contributed by atoms with van der Waals surface area (Å²) in [6.07, 6.45) is 0. The second-order valence-electron chi connectivity index (χ2n) is 7.06. The number of aryl methyl sites for hydroxylation is 1. The molecule has 0 aliphatic carbocycles. The summed E-state index contributed by atoms with van der Waals surface area (Å²) in [5.41, 5.74) is 7.57. The second kappa shape index (κ2) is 5.27. The molecule has 2 N–H and O–H groups in total. The molecule has 0 spiro atoms. The molecule has 0 saturated carbocycles. The Hall–Kier alpha value is -2.45. The summed E-state index contributed by atoms with van der Waals surface area (Å²) in [6.45, 7) is 3.82. The molecule has 2 atom stereocenters. The Labute approximate surface area is 144 Å². The van der Waals surface area contributed by atoms with Crippen LogP contribution in [-0.2, 0) is 23.7 Å². The first-order valence-corrected chi connectivity index (χ1v) is 8.45. The molecule has 2 fully saturated rings. The van der Waals surface area contributed by atoms with Crippen LogP contribution in [0.5, 0.6) is 0 Å². The van der Waals surface area contributed by atoms with Gasteiger partial charge in [-0.2, -0.15) is 0 Å². The first-order valence-electron chi connectivity index (χ1n) is 8.45. The van der Waals surface area contributed by atoms with Crippen LogP contribution in [0.1, 0.15) is 11.7 Å². The fraction of sp³-hybridized carbons (Fsp3) is 0.471. The van der Waals surface area contributed by atoms with E-state index < -0.39 is 0 Å². The molecule has 130 valence electrons. The SMILES string of the molecule is Cn1c(CN2C[C@H]3COC[C@@]3(c3nnc(N)o3)C2)nc2ccccc21. The van der Waals surface area contributed by atoms with Gasteiger partial charge < -0.3 is 19.5 Å². The van der Waals surface area contributed by atoms with Crippen molar-refractivity contribution in [2.24, 2.45) is 13.0 Å². The van der Waals surface area contributed by atoms with Gasteiger partial charge in [0, 0.05) is 26.1 Å². The zero-order valence-electron chi connectivity index (χ0n) is 14.1. The summed E-state index contributed by atoms with van der Waals surface area (Å²) in [5, 5.41) is 7.99. The normalized spacial score (nSPS) is 26.5. The van der Waals surface area contributed by atoms with Crippen molar-refractivity contribution in [1.82, 2.24) is 24.6 Å². The summed E-state index contributed by atoms with van der Waals surface area (Å²) < 4.78 is 13.5. The van der Waals surface area contributed by atoms with Gasteiger partial charge in [-0.15, -0.1) is 5.10 Å². The number of rotatable bonds is 3. The van der Waals surface area contributed by atoms with Crippen LogP contribution in [0.2, 0.25) is 0 Å². The number of hydrogen-bond acceptors (Lipinski definition) is 7. The third kappa shape index (κ3) is 2.17. The van der Waals surface area contributed by atoms with E-state index in [1.807, 2.05) is 18.2 Å². The number of nitrogens with zero attached hydrogens (tertiary/aromatic N) is 5. The maximum atomic E-state index is 5.73. The van der Waals surface area contributed by atoms with E-state index in [-0.39, 0.29) is 11.4 Å². The number of nitrogen functional groups attached to an aromatic ring is 1. The van der Waals surface area contributed by atoms with Gasteiger partial charge in [-0.05, 0) is 12.1 Å². The molecule has 2 aromatic heterocycles. The first-order chi connectivity index (χ1) is 12.2. The number of benzene rings is 1. The van der Waals surface area contributed by atoms with Gasteiger partial charge in [0.05, 0.1) is 36.2 Å². The molecule has 0 bridgehead atoms. The molecular weight excluding hydrogens is 320 g/mol. The maximum Gasteiger partial charge on any atom is 0.312 e. The highest BCUT2D eigenvalue weighted by molar-refractivity contribution is 5.75. The zero-order valence-corrected chi connectivity index (χ0v) is 14.1. The third-order valence-electron chi connectivity index (χ3n) is 5.56. The fourth-order valence-electron chi connectivity index (χ4n) is 4.24. The molecule has 5 rings (SSSR count). The quantitative estimate of drug-likeness (QED) is 0.758. The Morgan fingerprint density at radius 3 is 3.00 bits per heavy atom. The molecule has 0 radical (unpaired) electrons. The van der Waals surface area contributed by atoms with Crippen LogP contribution < -0.4 is 5.73 Å². The molecule has 2 saturated heterocycles. The van der Waals surface area contributed by atoms with E-state index in [2.05, 4.69) is 32.8 Å². The molecule has 2 aliphatic rings. The monoisotopic (exact) mass is 340 g/mol. The highest BCUT2D eigenvalue weighted by atomic mass is 16.5. The lowest BCUT2D eigenvalue weighted by Gasteiger charge is -2.22. The Morgan fingerprint density at radius 2 is 2.20 bits per heavy atom. The van der Waals surface area contributed by atoms with Crippen molar-refractivity contribution in [3.8, 4) is 0 Å². The van der Waals surface area contributed by atoms with Crippen molar-refractivity contribution < 1.29 is 9.15 Å². The van der Waals surface area contributed by atoms with Gasteiger partial charge in [-0.1, -0.05) is 17.2 Å². The van der Waals surface area contributed by atoms with Crippen molar-refractivity contribution >= 4 is 17.0 Å². The minimum atomic E-state index is -0.255. The van der Waals surface area contributed by atoms with Crippen LogP contribution >= 0.6 is 0 Å². The summed E-state index contributed by atoms with van der Waals surface area (Å²) in [4.78, 5) is 7.19. The standard InChI is InChI=1S/C17H20N6O2/c1-22-13-5-3-2-4-12(13)19-14(22)7-23-6-11-8-24-10-17(11,9-23)15-20-21-16(18)25-15/h2-5,11H,6-10H2,1H3,(H2,18,21)/t11-,17-/m0/s1. The average Bonchev–Trinajstić information content (AvgIpc) is 3.32. The van der Waals surface area contributed by atoms with Crippen LogP contribution in [0.4, 0.5) is 6.01 Å². The molecular formula is C17H20N6O2. The highest BCUT2D eigenvalue weighted by Crippen LogP contribution is 2.43. The Bertz CT molecular complexity index is 934. The van der Waals surface area contributed by atoms with Gasteiger partial charge in [-0.25, -0.2) is 4.98 Å². The van der Waals surface area contributed by atoms with Gasteiger partial charge in [0.2, 0.25) is 5.89 Å². The van der Waals surface area contributed by atoms with Gasteiger partial charge in [0.15, 0.2) is 0 Å². The van der Waals surface area contributed by atoms with Crippen molar-refractivity contribution in [2.75, 3.05) is 32.0 Å². The van der Waals surface area contributed by atoms with E-state index in [0.717, 1.165) is 36.5 Å². The molecule has 8 heteroatoms. The number of nitrogens with two attached hydrogens (primary N) is 1. The predicted molar refractivity (Wildman–Crippen MR) is 90.7 cm³/mol. The zero-order chi connectivity index (χ0) is 17.0. The average molecular weight is 340 g/mol. The topological polar surface area (TPSA) is 95.2 Å². The van der Waals surface area contributed by atoms with Crippen LogP contribution in [0.3, 0.4) is 0 Å². The lowest BCUT2D eigenvalue weighted by molar-refractivity contribution is 0.139. The number of fused-ring (bicyclic) bond motifs is 2. The van der Waals surface area contributed by atoms with E-state index in [0.29, 0.717) is 25.0 Å². The Kier molecular flexibility index (Phi) is 3.13. The lowest BCUT2D eigenvalue weighted by atomic mass is 9.81. The van der Waals surface area contributed by atoms with Crippen molar-refractivity contribution in [1.29, 1.82) is 0 Å². The summed E-state index contributed by atoms with van der Waals surface area (Å²) in [6, 6.07) is 8.32. The number of ether oxygens (including phenoxy) is 1. The predicted octanol–water partition coefficient (Wildman–Crippen LogP) is 0.938. The minimum absolute atomic E-state index is 0.115. The maximum absolute atomic E-state index is 5.73. The van der Waals surface area contributed by atoms with Crippen LogP contribution in [0.15, 0.2) is 28.7 Å². The molecule has 0 amide bonds. The first kappa shape index (κ1) is 14.9. The van der Waals surface area contributed by atoms with E-state index in [1.54, 1.807) is 0 Å². The Morgan fingerprint density at radius 1 is 1.32 bits per heavy atom. The Balaban J connectivity index is 1.44. The van der Waals surface area contributed by atoms with Gasteiger partial charge in [0.25, 0.3) is 0 Å². The summed E-state index contributed by atoms with van der Waals surface area (Å²) in [5.74, 6) is 1.99. The van der Waals surface area contributed by atoms with E-state index >= 15 is 0 Å². The minimum Gasteiger partial charge on any atom is -0.408 e. The molecule has 3 aromatic rings. The van der Waals surface area contributed by atoms with Crippen molar-refractivity contribution in [3.63, 3.8) is 0 Å². The van der Waals surface area contributed by atoms with Crippen LogP contribution in [0, 0.1) is 5.92 Å². The molecule has 2 aliphatic heterocycles. The van der Waals surface area contributed by atoms with Gasteiger partial charge in [-0.3, -0.25) is 4.90 Å². The number of hydrogen-bond donors (Lipinski definition) is 1. The van der Waals surface area contributed by atoms with E-state index in [4.69, 9.17) is 19.9 Å². The number of likely N-dealkylation sites (tertiary alicyclic amines) is 1. The lowest BCUT2D eigenvalue weighted by Crippen LogP contribution is -2.36. The highest BCUT2D eigenvalue weighted by Gasteiger charge is 2.55. The molecule has 1 aromatic carbocycles. The second-order valence-corrected chi connectivity index (χ2v) is 7.06. The number of para-hydroxylation sites is 2. The van der Waals surface area contributed by atoms with Gasteiger partial charge in [0.1, 0.15) is 5.82 Å². The molecule has 8 nitrogen and oxygen atoms in total. The van der Waals surface area contributed by atoms with Gasteiger partial charge >= 0.3 is 6.01 Å². The third-order valence-corrected chi connectivity index (χ3v) is 5.56. The summed E-state index contributed by atoms with van der Waals surface area (Å²) in [7, 11) is 2.07. The largest absolute Gasteiger partial charge is 0.408 e. The molecule has 4 heterocycles. The van der Waals surface area contributed by atoms with E-state index in [1.165, 1.54) is 0 Å². The smallest absolute Gasteiger partial charge is 0.312 e. The number of aromatic nitrogens is 4. The number of anilines is 1. The number of imidazole rings is 1. The molecule has 0 unspecified atom stereocenters. The molecule has 25 heavy (non-hydrogen) atoms. The fourth-order valence-corrected chi connectivity index (χ4v) is 4.24. The van der Waals surface area contributed by atoms with Crippen LogP contribution in [0.25, 0.3) is 11.0 Å². The van der Waals surface area contributed by atoms with Crippen molar-refractivity contribution in [2.45, 2.75) is 12.0 Å².